The molecule has 1 fully saturated rings. The normalized spacial score (nSPS) is 20.6. The van der Waals surface area contributed by atoms with Gasteiger partial charge >= 0.3 is 0 Å². The number of hydrogen-bond donors (Lipinski definition) is 2. The minimum atomic E-state index is -0.194. The summed E-state index contributed by atoms with van der Waals surface area (Å²) in [7, 11) is 0. The van der Waals surface area contributed by atoms with Gasteiger partial charge in [0.25, 0.3) is 0 Å². The molecule has 0 spiro atoms. The Bertz CT molecular complexity index is 610. The largest absolute Gasteiger partial charge is 0.374 e. The van der Waals surface area contributed by atoms with E-state index >= 15 is 0 Å². The van der Waals surface area contributed by atoms with Gasteiger partial charge in [0.1, 0.15) is 5.82 Å². The summed E-state index contributed by atoms with van der Waals surface area (Å²) in [4.78, 5) is 5.72. The quantitative estimate of drug-likeness (QED) is 0.899. The molecule has 1 aliphatic rings. The summed E-state index contributed by atoms with van der Waals surface area (Å²) in [6, 6.07) is 4.87. The number of fused-ring (bicyclic) bond motifs is 1. The van der Waals surface area contributed by atoms with Crippen LogP contribution >= 0.6 is 0 Å². The van der Waals surface area contributed by atoms with E-state index in [0.717, 1.165) is 48.4 Å². The highest BCUT2D eigenvalue weighted by Crippen LogP contribution is 2.24. The van der Waals surface area contributed by atoms with Crippen LogP contribution in [0.15, 0.2) is 18.2 Å². The summed E-state index contributed by atoms with van der Waals surface area (Å²) in [5, 5.41) is 0.962. The molecule has 3 N–H and O–H groups in total. The molecule has 2 heterocycles. The summed E-state index contributed by atoms with van der Waals surface area (Å²) < 4.78 is 18.9. The highest BCUT2D eigenvalue weighted by Gasteiger charge is 2.20. The molecule has 0 aliphatic carbocycles. The number of nitrogens with two attached hydrogens (primary N) is 1. The van der Waals surface area contributed by atoms with Crippen molar-refractivity contribution in [3.8, 4) is 0 Å². The smallest absolute Gasteiger partial charge is 0.123 e. The number of morpholine rings is 1. The lowest BCUT2D eigenvalue weighted by molar-refractivity contribution is -0.0264. The van der Waals surface area contributed by atoms with E-state index in [1.807, 2.05) is 6.92 Å². The van der Waals surface area contributed by atoms with Crippen LogP contribution in [0.4, 0.5) is 4.39 Å². The van der Waals surface area contributed by atoms with Crippen LogP contribution in [-0.4, -0.2) is 42.2 Å². The van der Waals surface area contributed by atoms with Crippen LogP contribution in [0.25, 0.3) is 10.9 Å². The molecule has 4 nitrogen and oxygen atoms in total. The first-order chi connectivity index (χ1) is 9.67. The van der Waals surface area contributed by atoms with E-state index in [-0.39, 0.29) is 11.9 Å². The molecule has 1 aromatic heterocycles. The van der Waals surface area contributed by atoms with Crippen molar-refractivity contribution < 1.29 is 9.13 Å². The van der Waals surface area contributed by atoms with Gasteiger partial charge in [0, 0.05) is 42.8 Å². The molecule has 1 atom stereocenters. The van der Waals surface area contributed by atoms with E-state index < -0.39 is 0 Å². The zero-order valence-corrected chi connectivity index (χ0v) is 11.7. The van der Waals surface area contributed by atoms with E-state index in [0.29, 0.717) is 6.54 Å². The molecule has 108 valence electrons. The summed E-state index contributed by atoms with van der Waals surface area (Å²) >= 11 is 0. The van der Waals surface area contributed by atoms with Crippen molar-refractivity contribution in [3.63, 3.8) is 0 Å². The second-order valence-corrected chi connectivity index (χ2v) is 5.38. The molecule has 1 aromatic carbocycles. The van der Waals surface area contributed by atoms with Gasteiger partial charge in [-0.25, -0.2) is 4.39 Å². The maximum absolute atomic E-state index is 13.3. The predicted molar refractivity (Wildman–Crippen MR) is 77.1 cm³/mol. The summed E-state index contributed by atoms with van der Waals surface area (Å²) in [5.74, 6) is -0.194. The number of hydrogen-bond acceptors (Lipinski definition) is 3. The lowest BCUT2D eigenvalue weighted by Gasteiger charge is -2.32. The third-order valence-electron chi connectivity index (χ3n) is 3.99. The van der Waals surface area contributed by atoms with Crippen LogP contribution in [0.3, 0.4) is 0 Å². The Morgan fingerprint density at radius 2 is 2.35 bits per heavy atom. The maximum Gasteiger partial charge on any atom is 0.123 e. The van der Waals surface area contributed by atoms with E-state index in [1.165, 1.54) is 6.07 Å². The number of aromatic amines is 1. The first kappa shape index (κ1) is 13.5. The molecule has 20 heavy (non-hydrogen) atoms. The molecule has 5 heteroatoms. The number of rotatable bonds is 3. The van der Waals surface area contributed by atoms with Crippen LogP contribution < -0.4 is 5.73 Å². The molecule has 0 bridgehead atoms. The highest BCUT2D eigenvalue weighted by molar-refractivity contribution is 5.84. The molecule has 1 aliphatic heterocycles. The van der Waals surface area contributed by atoms with Gasteiger partial charge in [0.05, 0.1) is 12.7 Å². The average Bonchev–Trinajstić information content (AvgIpc) is 2.76. The van der Waals surface area contributed by atoms with Crippen LogP contribution in [0.2, 0.25) is 0 Å². The molecule has 2 aromatic rings. The zero-order chi connectivity index (χ0) is 14.1. The maximum atomic E-state index is 13.3. The molecule has 0 radical (unpaired) electrons. The van der Waals surface area contributed by atoms with Crippen LogP contribution in [0, 0.1) is 12.7 Å². The van der Waals surface area contributed by atoms with E-state index in [4.69, 9.17) is 10.5 Å². The van der Waals surface area contributed by atoms with Gasteiger partial charge < -0.3 is 15.5 Å². The van der Waals surface area contributed by atoms with Crippen molar-refractivity contribution in [2.75, 3.05) is 26.2 Å². The Kier molecular flexibility index (Phi) is 3.74. The van der Waals surface area contributed by atoms with Gasteiger partial charge in [-0.2, -0.15) is 0 Å². The molecular formula is C15H20FN3O. The molecule has 0 unspecified atom stereocenters. The second kappa shape index (κ2) is 5.52. The Balaban J connectivity index is 1.82. The van der Waals surface area contributed by atoms with Crippen LogP contribution in [-0.2, 0) is 11.3 Å². The SMILES string of the molecule is Cc1c(CN2CCO[C@H](CN)C2)[nH]c2ccc(F)cc12. The lowest BCUT2D eigenvalue weighted by atomic mass is 10.1. The Morgan fingerprint density at radius 1 is 1.50 bits per heavy atom. The summed E-state index contributed by atoms with van der Waals surface area (Å²) in [6.07, 6.45) is 0.117. The van der Waals surface area contributed by atoms with Gasteiger partial charge in [0.2, 0.25) is 0 Å². The molecule has 0 saturated carbocycles. The second-order valence-electron chi connectivity index (χ2n) is 5.38. The van der Waals surface area contributed by atoms with Crippen molar-refractivity contribution in [1.82, 2.24) is 9.88 Å². The number of nitrogens with one attached hydrogen (secondary N) is 1. The Morgan fingerprint density at radius 3 is 3.15 bits per heavy atom. The molecule has 3 rings (SSSR count). The number of halogens is 1. The third kappa shape index (κ3) is 2.57. The fourth-order valence-electron chi connectivity index (χ4n) is 2.80. The van der Waals surface area contributed by atoms with Gasteiger partial charge in [-0.05, 0) is 30.7 Å². The van der Waals surface area contributed by atoms with Gasteiger partial charge in [-0.1, -0.05) is 0 Å². The monoisotopic (exact) mass is 277 g/mol. The minimum Gasteiger partial charge on any atom is -0.374 e. The molecule has 1 saturated heterocycles. The van der Waals surface area contributed by atoms with Crippen LogP contribution in [0.5, 0.6) is 0 Å². The molecular weight excluding hydrogens is 257 g/mol. The van der Waals surface area contributed by atoms with Crippen molar-refractivity contribution in [2.45, 2.75) is 19.6 Å². The number of aromatic nitrogens is 1. The van der Waals surface area contributed by atoms with E-state index in [1.54, 1.807) is 12.1 Å². The van der Waals surface area contributed by atoms with E-state index in [9.17, 15) is 4.39 Å². The predicted octanol–water partition coefficient (Wildman–Crippen LogP) is 1.77. The highest BCUT2D eigenvalue weighted by atomic mass is 19.1. The molecule has 0 amide bonds. The number of benzene rings is 1. The fourth-order valence-corrected chi connectivity index (χ4v) is 2.80. The van der Waals surface area contributed by atoms with Gasteiger partial charge in [-0.15, -0.1) is 0 Å². The Labute approximate surface area is 117 Å². The Hall–Kier alpha value is -1.43. The number of aryl methyl sites for hydroxylation is 1. The van der Waals surface area contributed by atoms with E-state index in [2.05, 4.69) is 9.88 Å². The van der Waals surface area contributed by atoms with Gasteiger partial charge in [0.15, 0.2) is 0 Å². The zero-order valence-electron chi connectivity index (χ0n) is 11.7. The third-order valence-corrected chi connectivity index (χ3v) is 3.99. The topological polar surface area (TPSA) is 54.3 Å². The van der Waals surface area contributed by atoms with Gasteiger partial charge in [-0.3, -0.25) is 4.90 Å². The summed E-state index contributed by atoms with van der Waals surface area (Å²) in [6.45, 7) is 5.87. The van der Waals surface area contributed by atoms with Crippen molar-refractivity contribution in [1.29, 1.82) is 0 Å². The first-order valence-electron chi connectivity index (χ1n) is 6.98. The average molecular weight is 277 g/mol. The minimum absolute atomic E-state index is 0.117. The number of ether oxygens (including phenoxy) is 1. The van der Waals surface area contributed by atoms with Crippen molar-refractivity contribution in [2.24, 2.45) is 5.73 Å². The van der Waals surface area contributed by atoms with Crippen LogP contribution in [0.1, 0.15) is 11.3 Å². The fraction of sp³-hybridized carbons (Fsp3) is 0.467. The lowest BCUT2D eigenvalue weighted by Crippen LogP contribution is -2.45. The summed E-state index contributed by atoms with van der Waals surface area (Å²) in [5.41, 5.74) is 8.92. The number of nitrogens with zero attached hydrogens (tertiary/aromatic N) is 1. The number of H-pyrrole nitrogens is 1. The standard InChI is InChI=1S/C15H20FN3O/c1-10-13-6-11(16)2-3-14(13)18-15(10)9-19-4-5-20-12(7-17)8-19/h2-3,6,12,18H,4-5,7-9,17H2,1H3/t12-/m1/s1. The van der Waals surface area contributed by atoms with Crippen molar-refractivity contribution in [3.05, 3.63) is 35.3 Å². The first-order valence-corrected chi connectivity index (χ1v) is 6.98. The van der Waals surface area contributed by atoms with Crippen molar-refractivity contribution >= 4 is 10.9 Å².